The van der Waals surface area contributed by atoms with E-state index in [0.29, 0.717) is 24.3 Å². The minimum atomic E-state index is 0.661. The number of benzene rings is 4. The second kappa shape index (κ2) is 9.05. The molecule has 4 aromatic rings. The van der Waals surface area contributed by atoms with Crippen molar-refractivity contribution >= 4 is 22.7 Å². The third kappa shape index (κ3) is 4.55. The zero-order valence-corrected chi connectivity index (χ0v) is 16.8. The Hall–Kier alpha value is -3.92. The highest BCUT2D eigenvalue weighted by Crippen LogP contribution is 2.33. The summed E-state index contributed by atoms with van der Waals surface area (Å²) in [6.45, 7) is 0.661. The molecule has 0 fully saturated rings. The number of nitrogens with two attached hydrogens (primary N) is 2. The van der Waals surface area contributed by atoms with Crippen molar-refractivity contribution in [2.45, 2.75) is 13.0 Å². The van der Waals surface area contributed by atoms with E-state index in [1.54, 1.807) is 0 Å². The van der Waals surface area contributed by atoms with E-state index in [-0.39, 0.29) is 0 Å². The van der Waals surface area contributed by atoms with Gasteiger partial charge in [-0.3, -0.25) is 10.4 Å². The summed E-state index contributed by atoms with van der Waals surface area (Å²) in [7, 11) is 0. The van der Waals surface area contributed by atoms with Crippen molar-refractivity contribution in [3.8, 4) is 0 Å². The average molecular weight is 395 g/mol. The number of hydrogen-bond donors (Lipinski definition) is 3. The number of para-hydroxylation sites is 1. The van der Waals surface area contributed by atoms with E-state index in [1.165, 1.54) is 11.1 Å². The number of hydrogen-bond acceptors (Lipinski definition) is 4. The summed E-state index contributed by atoms with van der Waals surface area (Å²) in [5, 5.41) is 2.08. The molecule has 5 N–H and O–H groups in total. The second-order valence-corrected chi connectivity index (χ2v) is 7.28. The van der Waals surface area contributed by atoms with Crippen LogP contribution >= 0.6 is 0 Å². The number of rotatable bonds is 7. The van der Waals surface area contributed by atoms with Gasteiger partial charge in [0.15, 0.2) is 0 Å². The Balaban J connectivity index is 1.71. The fraction of sp³-hybridized carbons (Fsp3) is 0.0769. The first kappa shape index (κ1) is 19.4. The minimum absolute atomic E-state index is 0.661. The molecular weight excluding hydrogens is 368 g/mol. The molecule has 4 aromatic carbocycles. The largest absolute Gasteiger partial charge is 0.398 e. The average Bonchev–Trinajstić information content (AvgIpc) is 2.78. The van der Waals surface area contributed by atoms with Gasteiger partial charge in [0, 0.05) is 17.7 Å². The van der Waals surface area contributed by atoms with Crippen molar-refractivity contribution in [2.75, 3.05) is 21.9 Å². The van der Waals surface area contributed by atoms with Gasteiger partial charge in [-0.05, 0) is 35.4 Å². The summed E-state index contributed by atoms with van der Waals surface area (Å²) in [6.07, 6.45) is 0.691. The molecule has 0 heterocycles. The van der Waals surface area contributed by atoms with Gasteiger partial charge >= 0.3 is 0 Å². The molecular formula is C26H26N4. The molecule has 4 rings (SSSR count). The van der Waals surface area contributed by atoms with Crippen LogP contribution in [-0.2, 0) is 13.0 Å². The molecule has 150 valence electrons. The molecule has 0 saturated carbocycles. The standard InChI is InChI=1S/C26H26N4/c27-24-16-17-25(26(28)23(24)18-20-10-4-1-5-11-20)30(19-21-12-6-2-7-13-21)29-22-14-8-3-9-15-22/h1-17,29H,18-19,27-28H2. The van der Waals surface area contributed by atoms with Gasteiger partial charge in [-0.2, -0.15) is 0 Å². The third-order valence-corrected chi connectivity index (χ3v) is 5.11. The fourth-order valence-corrected chi connectivity index (χ4v) is 3.52. The summed E-state index contributed by atoms with van der Waals surface area (Å²) in [5.41, 5.74) is 23.1. The Bertz CT molecular complexity index is 1040. The monoisotopic (exact) mass is 394 g/mol. The minimum Gasteiger partial charge on any atom is -0.398 e. The third-order valence-electron chi connectivity index (χ3n) is 5.11. The van der Waals surface area contributed by atoms with Crippen LogP contribution in [0.2, 0.25) is 0 Å². The van der Waals surface area contributed by atoms with E-state index in [2.05, 4.69) is 34.7 Å². The van der Waals surface area contributed by atoms with Crippen LogP contribution in [0.5, 0.6) is 0 Å². The van der Waals surface area contributed by atoms with Gasteiger partial charge in [-0.25, -0.2) is 0 Å². The molecule has 0 aromatic heterocycles. The maximum absolute atomic E-state index is 6.68. The lowest BCUT2D eigenvalue weighted by Gasteiger charge is -2.29. The first-order valence-corrected chi connectivity index (χ1v) is 10.0. The number of nitrogens with one attached hydrogen (secondary N) is 1. The Kier molecular flexibility index (Phi) is 5.85. The summed E-state index contributed by atoms with van der Waals surface area (Å²) in [4.78, 5) is 0. The molecule has 0 amide bonds. The highest BCUT2D eigenvalue weighted by atomic mass is 15.5. The van der Waals surface area contributed by atoms with E-state index in [1.807, 2.05) is 78.9 Å². The first-order chi connectivity index (χ1) is 14.7. The predicted octanol–water partition coefficient (Wildman–Crippen LogP) is 5.48. The van der Waals surface area contributed by atoms with E-state index >= 15 is 0 Å². The molecule has 0 radical (unpaired) electrons. The lowest BCUT2D eigenvalue weighted by molar-refractivity contribution is 0.906. The molecule has 0 saturated heterocycles. The lowest BCUT2D eigenvalue weighted by atomic mass is 10.0. The fourth-order valence-electron chi connectivity index (χ4n) is 3.52. The number of nitrogens with zero attached hydrogens (tertiary/aromatic N) is 1. The van der Waals surface area contributed by atoms with Crippen molar-refractivity contribution in [1.29, 1.82) is 0 Å². The van der Waals surface area contributed by atoms with E-state index in [4.69, 9.17) is 11.5 Å². The van der Waals surface area contributed by atoms with Gasteiger partial charge in [-0.15, -0.1) is 0 Å². The van der Waals surface area contributed by atoms with E-state index in [9.17, 15) is 0 Å². The first-order valence-electron chi connectivity index (χ1n) is 10.0. The van der Waals surface area contributed by atoms with E-state index < -0.39 is 0 Å². The molecule has 0 atom stereocenters. The second-order valence-electron chi connectivity index (χ2n) is 7.28. The SMILES string of the molecule is Nc1ccc(N(Cc2ccccc2)Nc2ccccc2)c(N)c1Cc1ccccc1. The highest BCUT2D eigenvalue weighted by molar-refractivity contribution is 5.79. The van der Waals surface area contributed by atoms with Gasteiger partial charge in [0.25, 0.3) is 0 Å². The molecule has 0 aliphatic carbocycles. The molecule has 30 heavy (non-hydrogen) atoms. The van der Waals surface area contributed by atoms with Gasteiger partial charge < -0.3 is 11.5 Å². The van der Waals surface area contributed by atoms with E-state index in [0.717, 1.165) is 16.9 Å². The maximum Gasteiger partial charge on any atom is 0.0809 e. The Labute approximate surface area is 177 Å². The predicted molar refractivity (Wildman–Crippen MR) is 127 cm³/mol. The molecule has 4 nitrogen and oxygen atoms in total. The summed E-state index contributed by atoms with van der Waals surface area (Å²) in [6, 6.07) is 34.6. The van der Waals surface area contributed by atoms with Crippen molar-refractivity contribution < 1.29 is 0 Å². The van der Waals surface area contributed by atoms with Gasteiger partial charge in [0.2, 0.25) is 0 Å². The molecule has 0 aliphatic rings. The number of nitrogen functional groups attached to an aromatic ring is 2. The normalized spacial score (nSPS) is 10.5. The topological polar surface area (TPSA) is 67.3 Å². The molecule has 0 bridgehead atoms. The Morgan fingerprint density at radius 3 is 1.83 bits per heavy atom. The van der Waals surface area contributed by atoms with Crippen LogP contribution in [-0.4, -0.2) is 0 Å². The van der Waals surface area contributed by atoms with Crippen molar-refractivity contribution in [2.24, 2.45) is 0 Å². The van der Waals surface area contributed by atoms with Crippen LogP contribution in [0.25, 0.3) is 0 Å². The summed E-state index contributed by atoms with van der Waals surface area (Å²) in [5.74, 6) is 0. The molecule has 0 aliphatic heterocycles. The molecule has 4 heteroatoms. The van der Waals surface area contributed by atoms with Crippen LogP contribution in [0, 0.1) is 0 Å². The highest BCUT2D eigenvalue weighted by Gasteiger charge is 2.16. The molecule has 0 unspecified atom stereocenters. The molecule has 0 spiro atoms. The van der Waals surface area contributed by atoms with Crippen molar-refractivity contribution in [1.82, 2.24) is 0 Å². The van der Waals surface area contributed by atoms with Gasteiger partial charge in [-0.1, -0.05) is 78.9 Å². The van der Waals surface area contributed by atoms with Crippen LogP contribution < -0.4 is 21.9 Å². The number of hydrazine groups is 1. The van der Waals surface area contributed by atoms with Gasteiger partial charge in [0.05, 0.1) is 23.6 Å². The van der Waals surface area contributed by atoms with Crippen LogP contribution in [0.4, 0.5) is 22.7 Å². The summed E-state index contributed by atoms with van der Waals surface area (Å²) >= 11 is 0. The lowest BCUT2D eigenvalue weighted by Crippen LogP contribution is -2.30. The van der Waals surface area contributed by atoms with Gasteiger partial charge in [0.1, 0.15) is 0 Å². The van der Waals surface area contributed by atoms with Crippen LogP contribution in [0.3, 0.4) is 0 Å². The van der Waals surface area contributed by atoms with Crippen molar-refractivity contribution in [3.05, 3.63) is 120 Å². The maximum atomic E-state index is 6.68. The zero-order chi connectivity index (χ0) is 20.8. The summed E-state index contributed by atoms with van der Waals surface area (Å²) < 4.78 is 0. The Morgan fingerprint density at radius 1 is 0.633 bits per heavy atom. The smallest absolute Gasteiger partial charge is 0.0809 e. The van der Waals surface area contributed by atoms with Crippen LogP contribution in [0.15, 0.2) is 103 Å². The quantitative estimate of drug-likeness (QED) is 0.287. The zero-order valence-electron chi connectivity index (χ0n) is 16.8. The van der Waals surface area contributed by atoms with Crippen LogP contribution in [0.1, 0.15) is 16.7 Å². The Morgan fingerprint density at radius 2 is 1.20 bits per heavy atom. The van der Waals surface area contributed by atoms with Crippen molar-refractivity contribution in [3.63, 3.8) is 0 Å². The number of anilines is 4.